The van der Waals surface area contributed by atoms with Crippen LogP contribution in [0.2, 0.25) is 0 Å². The number of pyridine rings is 2. The van der Waals surface area contributed by atoms with E-state index >= 15 is 0 Å². The Morgan fingerprint density at radius 2 is 1.74 bits per heavy atom. The van der Waals surface area contributed by atoms with Crippen molar-refractivity contribution in [2.24, 2.45) is 11.1 Å². The average Bonchev–Trinajstić information content (AvgIpc) is 3.71. The smallest absolute Gasteiger partial charge is 0.251 e. The summed E-state index contributed by atoms with van der Waals surface area (Å²) in [5.74, 6) is -0.583. The summed E-state index contributed by atoms with van der Waals surface area (Å²) in [5, 5.41) is 2.61. The molecule has 210 valence electrons. The highest BCUT2D eigenvalue weighted by Crippen LogP contribution is 2.49. The highest BCUT2D eigenvalue weighted by Gasteiger charge is 2.57. The molecule has 2 aromatic carbocycles. The zero-order chi connectivity index (χ0) is 29.4. The van der Waals surface area contributed by atoms with E-state index in [1.807, 2.05) is 18.2 Å². The summed E-state index contributed by atoms with van der Waals surface area (Å²) in [4.78, 5) is 48.7. The van der Waals surface area contributed by atoms with Gasteiger partial charge in [-0.2, -0.15) is 0 Å². The molecule has 0 unspecified atom stereocenters. The van der Waals surface area contributed by atoms with Crippen LogP contribution in [0.4, 0.5) is 15.9 Å². The number of nitrogens with two attached hydrogens (primary N) is 1. The maximum Gasteiger partial charge on any atom is 0.251 e. The molecule has 0 atom stereocenters. The lowest BCUT2D eigenvalue weighted by Crippen LogP contribution is -2.41. The lowest BCUT2D eigenvalue weighted by Gasteiger charge is -2.25. The van der Waals surface area contributed by atoms with Gasteiger partial charge in [0.15, 0.2) is 0 Å². The van der Waals surface area contributed by atoms with Crippen LogP contribution < -0.4 is 20.7 Å². The van der Waals surface area contributed by atoms with Gasteiger partial charge in [-0.25, -0.2) is 9.37 Å². The van der Waals surface area contributed by atoms with E-state index in [2.05, 4.69) is 15.3 Å². The maximum atomic E-state index is 13.6. The minimum absolute atomic E-state index is 0.153. The molecule has 0 bridgehead atoms. The van der Waals surface area contributed by atoms with Gasteiger partial charge in [0.2, 0.25) is 11.8 Å². The topological polar surface area (TPSA) is 128 Å². The van der Waals surface area contributed by atoms with Gasteiger partial charge in [0.05, 0.1) is 22.1 Å². The van der Waals surface area contributed by atoms with Gasteiger partial charge in [-0.05, 0) is 73.0 Å². The molecule has 3 N–H and O–H groups in total. The number of halogens is 1. The van der Waals surface area contributed by atoms with Crippen LogP contribution in [0.3, 0.4) is 0 Å². The molecule has 6 rings (SSSR count). The number of amides is 3. The molecule has 1 aliphatic rings. The molecule has 11 heteroatoms. The Morgan fingerprint density at radius 3 is 2.36 bits per heavy atom. The van der Waals surface area contributed by atoms with Crippen molar-refractivity contribution in [1.82, 2.24) is 15.3 Å². The predicted octanol–water partition coefficient (Wildman–Crippen LogP) is 5.58. The van der Waals surface area contributed by atoms with Crippen molar-refractivity contribution in [1.29, 1.82) is 0 Å². The lowest BCUT2D eigenvalue weighted by molar-refractivity contribution is -0.133. The molecule has 1 saturated carbocycles. The Balaban J connectivity index is 1.28. The standard InChI is InChI=1S/C31H24FN5O4S/c1-34-28(38)19-4-2-18(3-5-19)25-16-23-27(42-25)24(12-15-35-23)41-22-10-11-26(36-17-22)37(21-8-6-20(32)7-9-21)30(40)31(13-14-31)29(33)39/h2-12,15-17H,13-14H2,1H3,(H2,33,39)(H,34,38). The summed E-state index contributed by atoms with van der Waals surface area (Å²) in [7, 11) is 1.59. The third kappa shape index (κ3) is 4.94. The first-order valence-corrected chi connectivity index (χ1v) is 13.9. The highest BCUT2D eigenvalue weighted by atomic mass is 32.1. The van der Waals surface area contributed by atoms with Crippen LogP contribution in [0.25, 0.3) is 20.7 Å². The third-order valence-electron chi connectivity index (χ3n) is 7.13. The average molecular weight is 582 g/mol. The van der Waals surface area contributed by atoms with Gasteiger partial charge in [0.25, 0.3) is 5.91 Å². The van der Waals surface area contributed by atoms with Crippen molar-refractivity contribution in [3.05, 3.63) is 96.6 Å². The zero-order valence-corrected chi connectivity index (χ0v) is 23.2. The van der Waals surface area contributed by atoms with Crippen molar-refractivity contribution in [2.45, 2.75) is 12.8 Å². The van der Waals surface area contributed by atoms with Crippen LogP contribution in [0, 0.1) is 11.2 Å². The van der Waals surface area contributed by atoms with E-state index in [1.54, 1.807) is 43.6 Å². The number of hydrogen-bond donors (Lipinski definition) is 2. The Kier molecular flexibility index (Phi) is 6.87. The molecule has 3 aromatic heterocycles. The molecule has 42 heavy (non-hydrogen) atoms. The molecule has 0 spiro atoms. The number of rotatable bonds is 8. The number of benzene rings is 2. The molecule has 0 aliphatic heterocycles. The second-order valence-corrected chi connectivity index (χ2v) is 10.9. The molecule has 3 heterocycles. The summed E-state index contributed by atoms with van der Waals surface area (Å²) in [6.07, 6.45) is 3.82. The quantitative estimate of drug-likeness (QED) is 0.230. The van der Waals surface area contributed by atoms with Gasteiger partial charge in [0.1, 0.15) is 28.5 Å². The molecular weight excluding hydrogens is 557 g/mol. The normalized spacial score (nSPS) is 13.4. The molecule has 0 saturated heterocycles. The van der Waals surface area contributed by atoms with E-state index in [0.29, 0.717) is 35.6 Å². The van der Waals surface area contributed by atoms with E-state index < -0.39 is 23.0 Å². The minimum atomic E-state index is -1.30. The van der Waals surface area contributed by atoms with E-state index in [1.165, 1.54) is 46.7 Å². The van der Waals surface area contributed by atoms with Gasteiger partial charge >= 0.3 is 0 Å². The molecule has 0 radical (unpaired) electrons. The molecule has 1 fully saturated rings. The van der Waals surface area contributed by atoms with Gasteiger partial charge < -0.3 is 15.8 Å². The van der Waals surface area contributed by atoms with E-state index in [9.17, 15) is 18.8 Å². The Hall–Kier alpha value is -5.16. The number of aromatic nitrogens is 2. The summed E-state index contributed by atoms with van der Waals surface area (Å²) < 4.78 is 20.6. The van der Waals surface area contributed by atoms with Crippen molar-refractivity contribution < 1.29 is 23.5 Å². The number of primary amides is 1. The number of hydrogen-bond acceptors (Lipinski definition) is 7. The largest absolute Gasteiger partial charge is 0.454 e. The number of nitrogens with one attached hydrogen (secondary N) is 1. The summed E-state index contributed by atoms with van der Waals surface area (Å²) in [6.45, 7) is 0. The van der Waals surface area contributed by atoms with E-state index in [-0.39, 0.29) is 11.7 Å². The van der Waals surface area contributed by atoms with Gasteiger partial charge in [-0.15, -0.1) is 11.3 Å². The lowest BCUT2D eigenvalue weighted by atomic mass is 10.0. The number of anilines is 2. The van der Waals surface area contributed by atoms with Gasteiger partial charge in [-0.3, -0.25) is 24.3 Å². The number of fused-ring (bicyclic) bond motifs is 1. The number of ether oxygens (including phenoxy) is 1. The summed E-state index contributed by atoms with van der Waals surface area (Å²) >= 11 is 1.50. The van der Waals surface area contributed by atoms with Crippen molar-refractivity contribution in [3.63, 3.8) is 0 Å². The SMILES string of the molecule is CNC(=O)c1ccc(-c2cc3nccc(Oc4ccc(N(C(=O)C5(C(N)=O)CC5)c5ccc(F)cc5)nc4)c3s2)cc1. The number of carbonyl (C=O) groups excluding carboxylic acids is 3. The molecule has 5 aromatic rings. The number of nitrogens with zero attached hydrogens (tertiary/aromatic N) is 3. The third-order valence-corrected chi connectivity index (χ3v) is 8.32. The number of thiophene rings is 1. The second kappa shape index (κ2) is 10.7. The minimum Gasteiger partial charge on any atom is -0.454 e. The Labute approximate surface area is 243 Å². The first-order chi connectivity index (χ1) is 20.3. The maximum absolute atomic E-state index is 13.6. The first kappa shape index (κ1) is 27.0. The fourth-order valence-corrected chi connectivity index (χ4v) is 5.68. The van der Waals surface area contributed by atoms with Gasteiger partial charge in [0, 0.05) is 29.8 Å². The van der Waals surface area contributed by atoms with Crippen LogP contribution >= 0.6 is 11.3 Å². The molecule has 3 amide bonds. The van der Waals surface area contributed by atoms with Crippen LogP contribution in [0.15, 0.2) is 85.2 Å². The van der Waals surface area contributed by atoms with Crippen molar-refractivity contribution in [3.8, 4) is 21.9 Å². The predicted molar refractivity (Wildman–Crippen MR) is 157 cm³/mol. The Bertz CT molecular complexity index is 1820. The van der Waals surface area contributed by atoms with Crippen LogP contribution in [-0.4, -0.2) is 34.7 Å². The highest BCUT2D eigenvalue weighted by molar-refractivity contribution is 7.22. The van der Waals surface area contributed by atoms with E-state index in [0.717, 1.165) is 20.7 Å². The zero-order valence-electron chi connectivity index (χ0n) is 22.3. The van der Waals surface area contributed by atoms with Gasteiger partial charge in [-0.1, -0.05) is 12.1 Å². The molecule has 1 aliphatic carbocycles. The number of carbonyl (C=O) groups is 3. The summed E-state index contributed by atoms with van der Waals surface area (Å²) in [6, 6.07) is 19.6. The molecular formula is C31H24FN5O4S. The summed E-state index contributed by atoms with van der Waals surface area (Å²) in [5.41, 5.74) is 6.89. The van der Waals surface area contributed by atoms with Crippen LogP contribution in [0.1, 0.15) is 23.2 Å². The van der Waals surface area contributed by atoms with Crippen molar-refractivity contribution >= 4 is 50.8 Å². The fourth-order valence-electron chi connectivity index (χ4n) is 4.61. The van der Waals surface area contributed by atoms with Crippen molar-refractivity contribution in [2.75, 3.05) is 11.9 Å². The second-order valence-electron chi connectivity index (χ2n) is 9.81. The first-order valence-electron chi connectivity index (χ1n) is 13.0. The monoisotopic (exact) mass is 581 g/mol. The van der Waals surface area contributed by atoms with Crippen LogP contribution in [0.5, 0.6) is 11.5 Å². The Morgan fingerprint density at radius 1 is 1.00 bits per heavy atom. The van der Waals surface area contributed by atoms with E-state index in [4.69, 9.17) is 10.5 Å². The molecule has 9 nitrogen and oxygen atoms in total. The fraction of sp³-hybridized carbons (Fsp3) is 0.129. The van der Waals surface area contributed by atoms with Crippen LogP contribution in [-0.2, 0) is 9.59 Å².